The molecule has 0 radical (unpaired) electrons. The molecule has 1 atom stereocenters. The number of nitrogens with zero attached hydrogens (tertiary/aromatic N) is 5. The van der Waals surface area contributed by atoms with Crippen molar-refractivity contribution in [2.45, 2.75) is 24.3 Å². The first-order chi connectivity index (χ1) is 15.1. The number of hydrogen-bond donors (Lipinski definition) is 0. The van der Waals surface area contributed by atoms with Gasteiger partial charge in [-0.3, -0.25) is 4.79 Å². The number of fused-ring (bicyclic) bond motifs is 1. The maximum atomic E-state index is 13.4. The number of thioether (sulfide) groups is 1. The monoisotopic (exact) mass is 447 g/mol. The summed E-state index contributed by atoms with van der Waals surface area (Å²) in [5.74, 6) is 1.49. The quantitative estimate of drug-likeness (QED) is 0.275. The number of thiophene rings is 1. The van der Waals surface area contributed by atoms with Gasteiger partial charge in [0.25, 0.3) is 11.4 Å². The topological polar surface area (TPSA) is 86.7 Å². The van der Waals surface area contributed by atoms with E-state index in [-0.39, 0.29) is 10.8 Å². The number of benzene rings is 1. The molecular formula is C22H17N5O2S2. The van der Waals surface area contributed by atoms with Crippen LogP contribution in [0.3, 0.4) is 0 Å². The van der Waals surface area contributed by atoms with E-state index in [1.807, 2.05) is 61.7 Å². The van der Waals surface area contributed by atoms with E-state index in [1.165, 1.54) is 11.8 Å². The van der Waals surface area contributed by atoms with Crippen LogP contribution in [0.15, 0.2) is 74.5 Å². The third kappa shape index (κ3) is 3.77. The molecule has 1 unspecified atom stereocenters. The van der Waals surface area contributed by atoms with E-state index >= 15 is 0 Å². The Labute approximate surface area is 185 Å². The second-order valence-corrected chi connectivity index (χ2v) is 9.18. The van der Waals surface area contributed by atoms with Crippen LogP contribution in [0.5, 0.6) is 0 Å². The van der Waals surface area contributed by atoms with E-state index in [4.69, 9.17) is 9.40 Å². The van der Waals surface area contributed by atoms with Gasteiger partial charge in [0, 0.05) is 6.20 Å². The molecule has 1 aromatic carbocycles. The highest BCUT2D eigenvalue weighted by atomic mass is 32.2. The van der Waals surface area contributed by atoms with Gasteiger partial charge in [0.15, 0.2) is 5.16 Å². The van der Waals surface area contributed by atoms with Gasteiger partial charge in [0.2, 0.25) is 5.89 Å². The van der Waals surface area contributed by atoms with Crippen molar-refractivity contribution in [3.8, 4) is 16.6 Å². The summed E-state index contributed by atoms with van der Waals surface area (Å²) in [5.41, 5.74) is 1.48. The molecule has 4 aromatic heterocycles. The largest absolute Gasteiger partial charge is 0.419 e. The molecule has 0 saturated carbocycles. The Kier molecular flexibility index (Phi) is 5.13. The molecule has 31 heavy (non-hydrogen) atoms. The second kappa shape index (κ2) is 8.09. The Morgan fingerprint density at radius 2 is 2.00 bits per heavy atom. The van der Waals surface area contributed by atoms with Crippen molar-refractivity contribution in [2.75, 3.05) is 0 Å². The summed E-state index contributed by atoms with van der Waals surface area (Å²) in [6, 6.07) is 14.9. The number of aryl methyl sites for hydroxylation is 1. The minimum atomic E-state index is -0.217. The third-order valence-electron chi connectivity index (χ3n) is 4.68. The first kappa shape index (κ1) is 19.7. The maximum Gasteiger partial charge on any atom is 0.267 e. The second-order valence-electron chi connectivity index (χ2n) is 6.93. The average Bonchev–Trinajstić information content (AvgIpc) is 3.46. The predicted octanol–water partition coefficient (Wildman–Crippen LogP) is 5.05. The predicted molar refractivity (Wildman–Crippen MR) is 122 cm³/mol. The Morgan fingerprint density at radius 1 is 1.13 bits per heavy atom. The fraction of sp³-hybridized carbons (Fsp3) is 0.136. The summed E-state index contributed by atoms with van der Waals surface area (Å²) < 4.78 is 7.43. The number of para-hydroxylation sites is 1. The van der Waals surface area contributed by atoms with E-state index in [9.17, 15) is 4.79 Å². The Balaban J connectivity index is 1.59. The summed E-state index contributed by atoms with van der Waals surface area (Å²) in [6.45, 7) is 3.91. The number of pyridine rings is 1. The lowest BCUT2D eigenvalue weighted by atomic mass is 10.2. The van der Waals surface area contributed by atoms with Crippen LogP contribution in [0.4, 0.5) is 0 Å². The summed E-state index contributed by atoms with van der Waals surface area (Å²) >= 11 is 2.92. The molecule has 0 aliphatic heterocycles. The zero-order valence-corrected chi connectivity index (χ0v) is 18.4. The molecule has 0 aliphatic carbocycles. The smallest absolute Gasteiger partial charge is 0.267 e. The summed E-state index contributed by atoms with van der Waals surface area (Å²) in [6.07, 6.45) is 1.69. The SMILES string of the molecule is Cc1ccnc(-n2c(SC(C)c3nnc(-c4cccs4)o3)nc3ccccc3c2=O)c1. The molecular weight excluding hydrogens is 430 g/mol. The van der Waals surface area contributed by atoms with Gasteiger partial charge >= 0.3 is 0 Å². The first-order valence-electron chi connectivity index (χ1n) is 9.59. The van der Waals surface area contributed by atoms with Gasteiger partial charge < -0.3 is 4.42 Å². The molecule has 0 amide bonds. The zero-order chi connectivity index (χ0) is 21.4. The Hall–Kier alpha value is -3.30. The highest BCUT2D eigenvalue weighted by Gasteiger charge is 2.21. The normalized spacial score (nSPS) is 12.3. The van der Waals surface area contributed by atoms with Crippen LogP contribution in [-0.4, -0.2) is 24.7 Å². The van der Waals surface area contributed by atoms with Crippen LogP contribution in [-0.2, 0) is 0 Å². The molecule has 154 valence electrons. The van der Waals surface area contributed by atoms with Crippen molar-refractivity contribution in [3.63, 3.8) is 0 Å². The summed E-state index contributed by atoms with van der Waals surface area (Å²) in [7, 11) is 0. The van der Waals surface area contributed by atoms with E-state index in [0.717, 1.165) is 10.4 Å². The number of aromatic nitrogens is 5. The maximum absolute atomic E-state index is 13.4. The molecule has 9 heteroatoms. The highest BCUT2D eigenvalue weighted by molar-refractivity contribution is 7.99. The molecule has 5 rings (SSSR count). The lowest BCUT2D eigenvalue weighted by Gasteiger charge is -2.14. The van der Waals surface area contributed by atoms with Crippen molar-refractivity contribution >= 4 is 34.0 Å². The van der Waals surface area contributed by atoms with Gasteiger partial charge in [-0.1, -0.05) is 30.0 Å². The van der Waals surface area contributed by atoms with Crippen molar-refractivity contribution < 1.29 is 4.42 Å². The number of rotatable bonds is 5. The van der Waals surface area contributed by atoms with Gasteiger partial charge in [-0.15, -0.1) is 21.5 Å². The molecule has 0 aliphatic rings. The van der Waals surface area contributed by atoms with Gasteiger partial charge in [0.05, 0.1) is 21.0 Å². The highest BCUT2D eigenvalue weighted by Crippen LogP contribution is 2.35. The molecule has 4 heterocycles. The van der Waals surface area contributed by atoms with Gasteiger partial charge in [-0.25, -0.2) is 14.5 Å². The standard InChI is InChI=1S/C22H17N5O2S2/c1-13-9-10-23-18(12-13)27-21(28)15-6-3-4-7-16(15)24-22(27)31-14(2)19-25-26-20(29-19)17-8-5-11-30-17/h3-12,14H,1-2H3. The van der Waals surface area contributed by atoms with Gasteiger partial charge in [-0.05, 0) is 55.1 Å². The van der Waals surface area contributed by atoms with Crippen LogP contribution in [0.2, 0.25) is 0 Å². The lowest BCUT2D eigenvalue weighted by molar-refractivity contribution is 0.509. The zero-order valence-electron chi connectivity index (χ0n) is 16.7. The fourth-order valence-corrected chi connectivity index (χ4v) is 4.73. The van der Waals surface area contributed by atoms with Crippen molar-refractivity contribution in [1.82, 2.24) is 24.7 Å². The third-order valence-corrected chi connectivity index (χ3v) is 6.58. The molecule has 0 bridgehead atoms. The van der Waals surface area contributed by atoms with Crippen LogP contribution >= 0.6 is 23.1 Å². The van der Waals surface area contributed by atoms with E-state index in [1.54, 1.807) is 28.2 Å². The molecule has 0 fully saturated rings. The molecule has 0 N–H and O–H groups in total. The summed E-state index contributed by atoms with van der Waals surface area (Å²) in [4.78, 5) is 23.5. The lowest BCUT2D eigenvalue weighted by Crippen LogP contribution is -2.23. The van der Waals surface area contributed by atoms with Crippen LogP contribution < -0.4 is 5.56 Å². The average molecular weight is 448 g/mol. The minimum absolute atomic E-state index is 0.164. The van der Waals surface area contributed by atoms with Crippen LogP contribution in [0.1, 0.15) is 23.6 Å². The van der Waals surface area contributed by atoms with E-state index in [0.29, 0.717) is 33.7 Å². The van der Waals surface area contributed by atoms with Crippen LogP contribution in [0.25, 0.3) is 27.5 Å². The van der Waals surface area contributed by atoms with Crippen LogP contribution in [0, 0.1) is 6.92 Å². The fourth-order valence-electron chi connectivity index (χ4n) is 3.14. The van der Waals surface area contributed by atoms with Gasteiger partial charge in [0.1, 0.15) is 5.82 Å². The first-order valence-corrected chi connectivity index (χ1v) is 11.3. The van der Waals surface area contributed by atoms with E-state index in [2.05, 4.69) is 15.2 Å². The number of hydrogen-bond acceptors (Lipinski definition) is 8. The molecule has 0 saturated heterocycles. The Bertz CT molecular complexity index is 1430. The molecule has 0 spiro atoms. The summed E-state index contributed by atoms with van der Waals surface area (Å²) in [5, 5.41) is 11.2. The molecule has 7 nitrogen and oxygen atoms in total. The van der Waals surface area contributed by atoms with E-state index < -0.39 is 0 Å². The van der Waals surface area contributed by atoms with Crippen molar-refractivity contribution in [1.29, 1.82) is 0 Å². The van der Waals surface area contributed by atoms with Crippen molar-refractivity contribution in [3.05, 3.63) is 81.9 Å². The van der Waals surface area contributed by atoms with Crippen molar-refractivity contribution in [2.24, 2.45) is 0 Å². The molecule has 5 aromatic rings. The minimum Gasteiger partial charge on any atom is -0.419 e. The van der Waals surface area contributed by atoms with Gasteiger partial charge in [-0.2, -0.15) is 0 Å². The Morgan fingerprint density at radius 3 is 2.81 bits per heavy atom.